The summed E-state index contributed by atoms with van der Waals surface area (Å²) in [6.45, 7) is 6.75. The lowest BCUT2D eigenvalue weighted by atomic mass is 9.89. The van der Waals surface area contributed by atoms with Crippen LogP contribution in [0.15, 0.2) is 187 Å². The number of anilines is 1. The van der Waals surface area contributed by atoms with E-state index >= 15 is 0 Å². The molecule has 0 amide bonds. The van der Waals surface area contributed by atoms with Crippen molar-refractivity contribution in [1.29, 1.82) is 0 Å². The molecule has 0 radical (unpaired) electrons. The molecule has 0 bridgehead atoms. The highest BCUT2D eigenvalue weighted by Gasteiger charge is 2.31. The zero-order valence-corrected chi connectivity index (χ0v) is 28.1. The van der Waals surface area contributed by atoms with Gasteiger partial charge in [0.1, 0.15) is 12.0 Å². The van der Waals surface area contributed by atoms with Gasteiger partial charge in [-0.3, -0.25) is 5.32 Å². The second-order valence-corrected chi connectivity index (χ2v) is 12.8. The van der Waals surface area contributed by atoms with Gasteiger partial charge in [0.15, 0.2) is 0 Å². The van der Waals surface area contributed by atoms with E-state index in [0.29, 0.717) is 0 Å². The van der Waals surface area contributed by atoms with Gasteiger partial charge in [0.25, 0.3) is 0 Å². The molecule has 3 atom stereocenters. The first-order valence-corrected chi connectivity index (χ1v) is 17.3. The van der Waals surface area contributed by atoms with Crippen LogP contribution in [0.4, 0.5) is 5.69 Å². The number of benzene rings is 5. The fourth-order valence-electron chi connectivity index (χ4n) is 7.25. The highest BCUT2D eigenvalue weighted by molar-refractivity contribution is 6.03. The summed E-state index contributed by atoms with van der Waals surface area (Å²) < 4.78 is 0. The van der Waals surface area contributed by atoms with Gasteiger partial charge in [-0.15, -0.1) is 0 Å². The quantitative estimate of drug-likeness (QED) is 0.135. The monoisotopic (exact) mass is 648 g/mol. The number of dihydropyridines is 1. The zero-order valence-electron chi connectivity index (χ0n) is 28.1. The third-order valence-corrected chi connectivity index (χ3v) is 9.64. The van der Waals surface area contributed by atoms with E-state index < -0.39 is 0 Å². The van der Waals surface area contributed by atoms with Crippen LogP contribution in [0.3, 0.4) is 0 Å². The van der Waals surface area contributed by atoms with Crippen LogP contribution < -0.4 is 21.3 Å². The molecule has 8 rings (SSSR count). The van der Waals surface area contributed by atoms with Crippen molar-refractivity contribution in [3.63, 3.8) is 0 Å². The Morgan fingerprint density at radius 3 is 2.34 bits per heavy atom. The van der Waals surface area contributed by atoms with E-state index in [1.54, 1.807) is 0 Å². The van der Waals surface area contributed by atoms with Gasteiger partial charge < -0.3 is 16.0 Å². The lowest BCUT2D eigenvalue weighted by Gasteiger charge is -2.38. The van der Waals surface area contributed by atoms with Gasteiger partial charge in [-0.1, -0.05) is 158 Å². The van der Waals surface area contributed by atoms with Gasteiger partial charge in [0.2, 0.25) is 0 Å². The molecule has 4 heteroatoms. The van der Waals surface area contributed by atoms with E-state index in [4.69, 9.17) is 6.58 Å². The van der Waals surface area contributed by atoms with Gasteiger partial charge in [0.05, 0.1) is 12.1 Å². The maximum Gasteiger partial charge on any atom is 0.104 e. The van der Waals surface area contributed by atoms with E-state index in [0.717, 1.165) is 50.4 Å². The minimum atomic E-state index is -0.147. The Bertz CT molecular complexity index is 2250. The largest absolute Gasteiger partial charge is 0.366 e. The molecule has 4 N–H and O–H groups in total. The van der Waals surface area contributed by atoms with E-state index in [-0.39, 0.29) is 18.2 Å². The SMILES string of the molecule is C=C(c1ccccc1/C=C\C)c1c(NC2=CC(C3NC(c4ccccc4)=CC(c4ccccc4)N3)=C3C=CC=CC3N2)ccc2ccccc12. The summed E-state index contributed by atoms with van der Waals surface area (Å²) in [6, 6.07) is 42.7. The minimum Gasteiger partial charge on any atom is -0.366 e. The van der Waals surface area contributed by atoms with Gasteiger partial charge in [-0.05, 0) is 74.9 Å². The molecule has 5 aromatic rings. The maximum absolute atomic E-state index is 4.70. The molecule has 2 heterocycles. The van der Waals surface area contributed by atoms with Crippen LogP contribution in [0.5, 0.6) is 0 Å². The summed E-state index contributed by atoms with van der Waals surface area (Å²) in [4.78, 5) is 0. The minimum absolute atomic E-state index is 0.00915. The molecule has 244 valence electrons. The second kappa shape index (κ2) is 13.8. The van der Waals surface area contributed by atoms with Crippen molar-refractivity contribution in [2.75, 3.05) is 5.32 Å². The molecule has 1 aliphatic carbocycles. The Morgan fingerprint density at radius 2 is 1.50 bits per heavy atom. The number of nitrogens with one attached hydrogen (secondary N) is 4. The average molecular weight is 649 g/mol. The van der Waals surface area contributed by atoms with E-state index in [9.17, 15) is 0 Å². The van der Waals surface area contributed by atoms with Crippen LogP contribution in [0.2, 0.25) is 0 Å². The molecule has 3 unspecified atom stereocenters. The topological polar surface area (TPSA) is 48.1 Å². The Labute approximate surface area is 294 Å². The molecule has 50 heavy (non-hydrogen) atoms. The van der Waals surface area contributed by atoms with Crippen LogP contribution in [-0.2, 0) is 0 Å². The van der Waals surface area contributed by atoms with E-state index in [2.05, 4.69) is 198 Å². The smallest absolute Gasteiger partial charge is 0.104 e. The average Bonchev–Trinajstić information content (AvgIpc) is 3.18. The molecule has 0 saturated heterocycles. The number of allylic oxidation sites excluding steroid dienone is 3. The maximum atomic E-state index is 4.70. The molecule has 5 aromatic carbocycles. The van der Waals surface area contributed by atoms with Crippen molar-refractivity contribution < 1.29 is 0 Å². The Hall–Kier alpha value is -6.10. The summed E-state index contributed by atoms with van der Waals surface area (Å²) in [5, 5.41) is 17.8. The Morgan fingerprint density at radius 1 is 0.740 bits per heavy atom. The summed E-state index contributed by atoms with van der Waals surface area (Å²) in [6.07, 6.45) is 17.3. The van der Waals surface area contributed by atoms with E-state index in [1.807, 2.05) is 0 Å². The first-order chi connectivity index (χ1) is 24.7. The predicted molar refractivity (Wildman–Crippen MR) is 211 cm³/mol. The fourth-order valence-corrected chi connectivity index (χ4v) is 7.25. The Kier molecular flexibility index (Phi) is 8.60. The molecule has 0 spiro atoms. The molecule has 4 nitrogen and oxygen atoms in total. The summed E-state index contributed by atoms with van der Waals surface area (Å²) in [5.41, 5.74) is 11.2. The molecule has 0 saturated carbocycles. The van der Waals surface area contributed by atoms with E-state index in [1.165, 1.54) is 22.1 Å². The van der Waals surface area contributed by atoms with Crippen LogP contribution in [0.1, 0.15) is 40.8 Å². The molecule has 0 fully saturated rings. The predicted octanol–water partition coefficient (Wildman–Crippen LogP) is 9.88. The van der Waals surface area contributed by atoms with Crippen molar-refractivity contribution in [3.8, 4) is 0 Å². The van der Waals surface area contributed by atoms with Crippen molar-refractivity contribution in [2.45, 2.75) is 25.2 Å². The first-order valence-electron chi connectivity index (χ1n) is 17.3. The van der Waals surface area contributed by atoms with Crippen LogP contribution in [0.25, 0.3) is 28.1 Å². The summed E-state index contributed by atoms with van der Waals surface area (Å²) >= 11 is 0. The molecule has 3 aliphatic rings. The molecule has 0 aromatic heterocycles. The third-order valence-electron chi connectivity index (χ3n) is 9.64. The summed E-state index contributed by atoms with van der Waals surface area (Å²) in [5.74, 6) is 0.926. The van der Waals surface area contributed by atoms with Gasteiger partial charge >= 0.3 is 0 Å². The third kappa shape index (κ3) is 6.13. The van der Waals surface area contributed by atoms with Crippen LogP contribution >= 0.6 is 0 Å². The first kappa shape index (κ1) is 31.2. The molecule has 2 aliphatic heterocycles. The van der Waals surface area contributed by atoms with Gasteiger partial charge in [-0.25, -0.2) is 0 Å². The number of rotatable bonds is 8. The van der Waals surface area contributed by atoms with Crippen LogP contribution in [0, 0.1) is 0 Å². The number of hydrogen-bond acceptors (Lipinski definition) is 4. The molecular weight excluding hydrogens is 609 g/mol. The highest BCUT2D eigenvalue weighted by atomic mass is 15.2. The lowest BCUT2D eigenvalue weighted by molar-refractivity contribution is 0.474. The summed E-state index contributed by atoms with van der Waals surface area (Å²) in [7, 11) is 0. The van der Waals surface area contributed by atoms with Crippen molar-refractivity contribution in [2.24, 2.45) is 0 Å². The Balaban J connectivity index is 1.21. The van der Waals surface area contributed by atoms with Crippen molar-refractivity contribution in [3.05, 3.63) is 215 Å². The second-order valence-electron chi connectivity index (χ2n) is 12.8. The fraction of sp³-hybridized carbons (Fsp3) is 0.0870. The van der Waals surface area contributed by atoms with Gasteiger partial charge in [-0.2, -0.15) is 0 Å². The van der Waals surface area contributed by atoms with Crippen LogP contribution in [-0.4, -0.2) is 12.2 Å². The molecular formula is C46H40N4. The lowest BCUT2D eigenvalue weighted by Crippen LogP contribution is -2.50. The number of hydrogen-bond donors (Lipinski definition) is 4. The van der Waals surface area contributed by atoms with Crippen molar-refractivity contribution in [1.82, 2.24) is 16.0 Å². The zero-order chi connectivity index (χ0) is 33.9. The standard InChI is InChI=1S/C46H40N4/c1-3-16-32-17-10-12-23-36(32)31(2)45-37-24-13-11-18-33(37)27-28-41(45)48-44-29-39(38-25-14-15-26-40(38)47-44)46-49-42(34-19-6-4-7-20-34)30-43(50-46)35-21-8-5-9-22-35/h3-30,40,42,46-50H,2H2,1H3/b16-3-. The van der Waals surface area contributed by atoms with Gasteiger partial charge in [0, 0.05) is 16.9 Å². The normalized spacial score (nSPS) is 19.7. The number of fused-ring (bicyclic) bond motifs is 2. The highest BCUT2D eigenvalue weighted by Crippen LogP contribution is 2.38. The van der Waals surface area contributed by atoms with Crippen molar-refractivity contribution >= 4 is 33.8 Å².